The highest BCUT2D eigenvalue weighted by Gasteiger charge is 2.16. The zero-order valence-electron chi connectivity index (χ0n) is 15.9. The number of amides is 2. The summed E-state index contributed by atoms with van der Waals surface area (Å²) in [5.74, 6) is -1.29. The molecule has 6 nitrogen and oxygen atoms in total. The largest absolute Gasteiger partial charge is 0.455 e. The third kappa shape index (κ3) is 6.70. The Balaban J connectivity index is 1.77. The number of ether oxygens (including phenoxy) is 1. The number of carbonyl (C=O) groups is 3. The van der Waals surface area contributed by atoms with Crippen LogP contribution >= 0.6 is 11.6 Å². The topological polar surface area (TPSA) is 75.7 Å². The van der Waals surface area contributed by atoms with Crippen molar-refractivity contribution in [1.82, 2.24) is 4.90 Å². The van der Waals surface area contributed by atoms with E-state index in [0.717, 1.165) is 23.2 Å². The fourth-order valence-electron chi connectivity index (χ4n) is 2.52. The summed E-state index contributed by atoms with van der Waals surface area (Å²) in [5.41, 5.74) is 2.48. The maximum absolute atomic E-state index is 12.2. The van der Waals surface area contributed by atoms with Gasteiger partial charge in [-0.2, -0.15) is 0 Å². The van der Waals surface area contributed by atoms with Gasteiger partial charge in [-0.1, -0.05) is 48.9 Å². The number of benzene rings is 2. The van der Waals surface area contributed by atoms with Crippen LogP contribution in [-0.2, 0) is 32.0 Å². The van der Waals surface area contributed by atoms with E-state index in [2.05, 4.69) is 5.32 Å². The van der Waals surface area contributed by atoms with Crippen molar-refractivity contribution >= 4 is 35.1 Å². The highest BCUT2D eigenvalue weighted by atomic mass is 35.5. The van der Waals surface area contributed by atoms with E-state index < -0.39 is 18.5 Å². The normalized spacial score (nSPS) is 10.2. The molecule has 0 atom stereocenters. The molecule has 0 saturated carbocycles. The Bertz CT molecular complexity index is 837. The van der Waals surface area contributed by atoms with E-state index in [1.165, 1.54) is 11.9 Å². The lowest BCUT2D eigenvalue weighted by Crippen LogP contribution is -2.37. The van der Waals surface area contributed by atoms with Gasteiger partial charge in [0.05, 0.1) is 13.0 Å². The molecule has 2 aromatic rings. The van der Waals surface area contributed by atoms with Gasteiger partial charge >= 0.3 is 5.97 Å². The number of likely N-dealkylation sites (N-methyl/N-ethyl adjacent to an activating group) is 1. The third-order valence-corrected chi connectivity index (χ3v) is 4.35. The van der Waals surface area contributed by atoms with Crippen molar-refractivity contribution in [2.75, 3.05) is 25.5 Å². The summed E-state index contributed by atoms with van der Waals surface area (Å²) >= 11 is 5.80. The molecular weight excluding hydrogens is 380 g/mol. The molecule has 0 aliphatic rings. The van der Waals surface area contributed by atoms with Crippen LogP contribution in [0.3, 0.4) is 0 Å². The highest BCUT2D eigenvalue weighted by molar-refractivity contribution is 6.30. The number of hydrogen-bond donors (Lipinski definition) is 1. The fourth-order valence-corrected chi connectivity index (χ4v) is 2.64. The number of nitrogens with zero attached hydrogens (tertiary/aromatic N) is 1. The van der Waals surface area contributed by atoms with Gasteiger partial charge in [0.2, 0.25) is 5.91 Å². The maximum Gasteiger partial charge on any atom is 0.310 e. The van der Waals surface area contributed by atoms with Gasteiger partial charge in [-0.25, -0.2) is 0 Å². The van der Waals surface area contributed by atoms with Crippen LogP contribution < -0.4 is 5.32 Å². The first kappa shape index (κ1) is 21.4. The minimum absolute atomic E-state index is 0.0441. The van der Waals surface area contributed by atoms with E-state index >= 15 is 0 Å². The molecule has 0 radical (unpaired) electrons. The monoisotopic (exact) mass is 402 g/mol. The number of anilines is 1. The summed E-state index contributed by atoms with van der Waals surface area (Å²) in [6.07, 6.45) is 0.831. The van der Waals surface area contributed by atoms with Gasteiger partial charge in [0.15, 0.2) is 6.61 Å². The second-order valence-corrected chi connectivity index (χ2v) is 6.71. The highest BCUT2D eigenvalue weighted by Crippen LogP contribution is 2.15. The molecule has 7 heteroatoms. The van der Waals surface area contributed by atoms with Crippen molar-refractivity contribution in [3.8, 4) is 0 Å². The first-order chi connectivity index (χ1) is 13.4. The number of aryl methyl sites for hydroxylation is 1. The summed E-state index contributed by atoms with van der Waals surface area (Å²) in [6.45, 7) is 1.45. The SMILES string of the molecule is CCc1ccccc1NC(=O)CN(C)C(=O)COC(=O)Cc1ccc(Cl)cc1. The van der Waals surface area contributed by atoms with E-state index in [4.69, 9.17) is 16.3 Å². The molecule has 0 fully saturated rings. The predicted octanol–water partition coefficient (Wildman–Crippen LogP) is 3.09. The zero-order chi connectivity index (χ0) is 20.5. The lowest BCUT2D eigenvalue weighted by Gasteiger charge is -2.17. The van der Waals surface area contributed by atoms with Crippen molar-refractivity contribution in [1.29, 1.82) is 0 Å². The van der Waals surface area contributed by atoms with Crippen LogP contribution in [0.15, 0.2) is 48.5 Å². The second-order valence-electron chi connectivity index (χ2n) is 6.27. The Kier molecular flexibility index (Phi) is 8.02. The summed E-state index contributed by atoms with van der Waals surface area (Å²) in [5, 5.41) is 3.38. The minimum Gasteiger partial charge on any atom is -0.455 e. The lowest BCUT2D eigenvalue weighted by molar-refractivity contribution is -0.151. The van der Waals surface area contributed by atoms with E-state index in [-0.39, 0.29) is 18.9 Å². The van der Waals surface area contributed by atoms with E-state index in [1.807, 2.05) is 31.2 Å². The minimum atomic E-state index is -0.523. The first-order valence-electron chi connectivity index (χ1n) is 8.90. The molecule has 0 bridgehead atoms. The van der Waals surface area contributed by atoms with Gasteiger partial charge in [-0.05, 0) is 35.7 Å². The van der Waals surface area contributed by atoms with Crippen LogP contribution in [0.2, 0.25) is 5.02 Å². The summed E-state index contributed by atoms with van der Waals surface area (Å²) in [4.78, 5) is 37.4. The van der Waals surface area contributed by atoms with Gasteiger partial charge in [0.1, 0.15) is 0 Å². The number of para-hydroxylation sites is 1. The van der Waals surface area contributed by atoms with Crippen LogP contribution in [0.5, 0.6) is 0 Å². The number of esters is 1. The second kappa shape index (κ2) is 10.5. The maximum atomic E-state index is 12.2. The lowest BCUT2D eigenvalue weighted by atomic mass is 10.1. The van der Waals surface area contributed by atoms with Crippen LogP contribution in [0.1, 0.15) is 18.1 Å². The molecule has 0 aromatic heterocycles. The van der Waals surface area contributed by atoms with Gasteiger partial charge in [-0.15, -0.1) is 0 Å². The molecule has 148 valence electrons. The van der Waals surface area contributed by atoms with Crippen molar-refractivity contribution in [3.63, 3.8) is 0 Å². The quantitative estimate of drug-likeness (QED) is 0.688. The Morgan fingerprint density at radius 3 is 2.43 bits per heavy atom. The molecule has 0 heterocycles. The smallest absolute Gasteiger partial charge is 0.310 e. The molecule has 2 aromatic carbocycles. The van der Waals surface area contributed by atoms with Gasteiger partial charge in [0, 0.05) is 17.8 Å². The Morgan fingerprint density at radius 1 is 1.07 bits per heavy atom. The average molecular weight is 403 g/mol. The Hall–Kier alpha value is -2.86. The molecular formula is C21H23ClN2O4. The third-order valence-electron chi connectivity index (χ3n) is 4.10. The van der Waals surface area contributed by atoms with Gasteiger partial charge in [-0.3, -0.25) is 14.4 Å². The van der Waals surface area contributed by atoms with Crippen molar-refractivity contribution in [2.24, 2.45) is 0 Å². The Morgan fingerprint density at radius 2 is 1.75 bits per heavy atom. The molecule has 0 saturated heterocycles. The van der Waals surface area contributed by atoms with E-state index in [0.29, 0.717) is 5.02 Å². The van der Waals surface area contributed by atoms with Crippen molar-refractivity contribution in [3.05, 3.63) is 64.7 Å². The summed E-state index contributed by atoms with van der Waals surface area (Å²) < 4.78 is 5.00. The van der Waals surface area contributed by atoms with Crippen LogP contribution in [-0.4, -0.2) is 42.9 Å². The van der Waals surface area contributed by atoms with Crippen LogP contribution in [0.25, 0.3) is 0 Å². The molecule has 2 amide bonds. The molecule has 0 spiro atoms. The number of rotatable bonds is 8. The van der Waals surface area contributed by atoms with E-state index in [1.54, 1.807) is 24.3 Å². The predicted molar refractivity (Wildman–Crippen MR) is 108 cm³/mol. The van der Waals surface area contributed by atoms with Gasteiger partial charge < -0.3 is 15.0 Å². The van der Waals surface area contributed by atoms with E-state index in [9.17, 15) is 14.4 Å². The van der Waals surface area contributed by atoms with Crippen LogP contribution in [0.4, 0.5) is 5.69 Å². The molecule has 28 heavy (non-hydrogen) atoms. The summed E-state index contributed by atoms with van der Waals surface area (Å²) in [6, 6.07) is 14.3. The molecule has 0 aliphatic carbocycles. The average Bonchev–Trinajstić information content (AvgIpc) is 2.68. The number of hydrogen-bond acceptors (Lipinski definition) is 4. The molecule has 0 unspecified atom stereocenters. The number of halogens is 1. The fraction of sp³-hybridized carbons (Fsp3) is 0.286. The van der Waals surface area contributed by atoms with Crippen LogP contribution in [0, 0.1) is 0 Å². The number of carbonyl (C=O) groups excluding carboxylic acids is 3. The first-order valence-corrected chi connectivity index (χ1v) is 9.28. The molecule has 2 rings (SSSR count). The number of nitrogens with one attached hydrogen (secondary N) is 1. The standard InChI is InChI=1S/C21H23ClN2O4/c1-3-16-6-4-5-7-18(16)23-19(25)13-24(2)20(26)14-28-21(27)12-15-8-10-17(22)11-9-15/h4-11H,3,12-14H2,1-2H3,(H,23,25). The summed E-state index contributed by atoms with van der Waals surface area (Å²) in [7, 11) is 1.49. The Labute approximate surface area is 169 Å². The van der Waals surface area contributed by atoms with Crippen molar-refractivity contribution in [2.45, 2.75) is 19.8 Å². The molecule has 1 N–H and O–H groups in total. The van der Waals surface area contributed by atoms with Gasteiger partial charge in [0.25, 0.3) is 5.91 Å². The zero-order valence-corrected chi connectivity index (χ0v) is 16.7. The van der Waals surface area contributed by atoms with Crippen molar-refractivity contribution < 1.29 is 19.1 Å². The molecule has 0 aliphatic heterocycles.